The van der Waals surface area contributed by atoms with E-state index in [0.717, 1.165) is 5.56 Å². The molecule has 0 radical (unpaired) electrons. The fraction of sp³-hybridized carbons (Fsp3) is 0.0952. The number of nitrogens with zero attached hydrogens (tertiary/aromatic N) is 4. The van der Waals surface area contributed by atoms with Crippen LogP contribution in [0.4, 0.5) is 10.1 Å². The Morgan fingerprint density at radius 1 is 1.11 bits per heavy atom. The van der Waals surface area contributed by atoms with E-state index in [0.29, 0.717) is 28.4 Å². The highest BCUT2D eigenvalue weighted by molar-refractivity contribution is 5.97. The molecule has 0 aliphatic carbocycles. The number of halogens is 1. The molecule has 0 aliphatic rings. The van der Waals surface area contributed by atoms with Crippen LogP contribution in [0.3, 0.4) is 0 Å². The van der Waals surface area contributed by atoms with E-state index in [9.17, 15) is 4.39 Å². The first-order valence-electron chi connectivity index (χ1n) is 8.29. The number of hydrogen-bond acceptors (Lipinski definition) is 5. The van der Waals surface area contributed by atoms with Crippen molar-refractivity contribution >= 4 is 18.1 Å². The monoisotopic (exact) mass is 362 g/mol. The Balaban J connectivity index is 2.03. The van der Waals surface area contributed by atoms with Crippen LogP contribution in [-0.4, -0.2) is 24.5 Å². The Hall–Kier alpha value is -3.54. The van der Waals surface area contributed by atoms with Gasteiger partial charge in [0.15, 0.2) is 0 Å². The SMILES string of the molecule is C=NN(/N=C(\C)c1ccccn1)c1cc(F)cc(-c2ccccc2OC)c1. The fourth-order valence-corrected chi connectivity index (χ4v) is 2.67. The van der Waals surface area contributed by atoms with Crippen molar-refractivity contribution in [2.24, 2.45) is 10.2 Å². The van der Waals surface area contributed by atoms with E-state index in [4.69, 9.17) is 4.74 Å². The van der Waals surface area contributed by atoms with Crippen molar-refractivity contribution in [3.63, 3.8) is 0 Å². The minimum absolute atomic E-state index is 0.409. The number of para-hydroxylation sites is 1. The molecular weight excluding hydrogens is 343 g/mol. The number of pyridine rings is 1. The molecule has 27 heavy (non-hydrogen) atoms. The van der Waals surface area contributed by atoms with Gasteiger partial charge in [0.25, 0.3) is 0 Å². The first kappa shape index (κ1) is 18.3. The lowest BCUT2D eigenvalue weighted by atomic mass is 10.0. The molecule has 3 rings (SSSR count). The quantitative estimate of drug-likeness (QED) is 0.470. The Morgan fingerprint density at radius 2 is 1.89 bits per heavy atom. The van der Waals surface area contributed by atoms with Gasteiger partial charge < -0.3 is 4.74 Å². The summed E-state index contributed by atoms with van der Waals surface area (Å²) in [4.78, 5) is 4.25. The zero-order valence-corrected chi connectivity index (χ0v) is 15.1. The Labute approximate surface area is 157 Å². The standard InChI is InChI=1S/C21H19FN4O/c1-15(20-9-6-7-11-24-20)25-26(23-2)18-13-16(12-17(22)14-18)19-8-4-5-10-21(19)27-3/h4-14H,2H2,1,3H3/b25-15+. The van der Waals surface area contributed by atoms with E-state index in [2.05, 4.69) is 21.9 Å². The van der Waals surface area contributed by atoms with Crippen molar-refractivity contribution in [2.45, 2.75) is 6.92 Å². The Morgan fingerprint density at radius 3 is 2.59 bits per heavy atom. The van der Waals surface area contributed by atoms with E-state index in [1.54, 1.807) is 26.3 Å². The van der Waals surface area contributed by atoms with Crippen LogP contribution in [0.2, 0.25) is 0 Å². The van der Waals surface area contributed by atoms with Crippen molar-refractivity contribution in [2.75, 3.05) is 12.2 Å². The third-order valence-electron chi connectivity index (χ3n) is 3.95. The zero-order chi connectivity index (χ0) is 19.2. The second kappa shape index (κ2) is 8.23. The second-order valence-electron chi connectivity index (χ2n) is 5.73. The number of anilines is 1. The highest BCUT2D eigenvalue weighted by Crippen LogP contribution is 2.33. The Bertz CT molecular complexity index is 973. The van der Waals surface area contributed by atoms with Crippen LogP contribution in [0.1, 0.15) is 12.6 Å². The van der Waals surface area contributed by atoms with Crippen LogP contribution in [0, 0.1) is 5.82 Å². The molecule has 2 aromatic carbocycles. The molecule has 1 heterocycles. The van der Waals surface area contributed by atoms with Gasteiger partial charge in [-0.3, -0.25) is 4.98 Å². The van der Waals surface area contributed by atoms with Gasteiger partial charge in [0.2, 0.25) is 0 Å². The smallest absolute Gasteiger partial charge is 0.126 e. The summed E-state index contributed by atoms with van der Waals surface area (Å²) in [6.45, 7) is 5.36. The highest BCUT2D eigenvalue weighted by atomic mass is 19.1. The number of rotatable bonds is 6. The van der Waals surface area contributed by atoms with Crippen molar-refractivity contribution in [1.29, 1.82) is 0 Å². The first-order valence-corrected chi connectivity index (χ1v) is 8.29. The number of methoxy groups -OCH3 is 1. The molecule has 6 heteroatoms. The van der Waals surface area contributed by atoms with Crippen molar-refractivity contribution in [3.8, 4) is 16.9 Å². The van der Waals surface area contributed by atoms with E-state index in [1.165, 1.54) is 17.3 Å². The summed E-state index contributed by atoms with van der Waals surface area (Å²) in [5, 5.41) is 9.61. The summed E-state index contributed by atoms with van der Waals surface area (Å²) in [7, 11) is 1.58. The molecule has 0 aliphatic heterocycles. The van der Waals surface area contributed by atoms with Crippen molar-refractivity contribution in [1.82, 2.24) is 4.98 Å². The number of benzene rings is 2. The predicted molar refractivity (Wildman–Crippen MR) is 107 cm³/mol. The minimum atomic E-state index is -0.409. The molecule has 0 saturated heterocycles. The molecule has 0 N–H and O–H groups in total. The topological polar surface area (TPSA) is 50.1 Å². The van der Waals surface area contributed by atoms with Crippen LogP contribution >= 0.6 is 0 Å². The fourth-order valence-electron chi connectivity index (χ4n) is 2.67. The van der Waals surface area contributed by atoms with Crippen molar-refractivity contribution in [3.05, 3.63) is 78.4 Å². The highest BCUT2D eigenvalue weighted by Gasteiger charge is 2.12. The summed E-state index contributed by atoms with van der Waals surface area (Å²) < 4.78 is 19.7. The van der Waals surface area contributed by atoms with Crippen LogP contribution in [-0.2, 0) is 0 Å². The van der Waals surface area contributed by atoms with E-state index in [1.807, 2.05) is 42.5 Å². The maximum atomic E-state index is 14.3. The van der Waals surface area contributed by atoms with Gasteiger partial charge in [0, 0.05) is 24.5 Å². The lowest BCUT2D eigenvalue weighted by Crippen LogP contribution is -2.12. The average molecular weight is 362 g/mol. The molecule has 5 nitrogen and oxygen atoms in total. The Kier molecular flexibility index (Phi) is 5.56. The van der Waals surface area contributed by atoms with E-state index in [-0.39, 0.29) is 0 Å². The third-order valence-corrected chi connectivity index (χ3v) is 3.95. The molecule has 0 spiro atoms. The van der Waals surface area contributed by atoms with Gasteiger partial charge in [-0.25, -0.2) is 4.39 Å². The van der Waals surface area contributed by atoms with Crippen LogP contribution in [0.5, 0.6) is 5.75 Å². The number of hydrogen-bond donors (Lipinski definition) is 0. The third kappa shape index (κ3) is 4.17. The molecule has 0 fully saturated rings. The van der Waals surface area contributed by atoms with Crippen LogP contribution in [0.25, 0.3) is 11.1 Å². The van der Waals surface area contributed by atoms with Gasteiger partial charge in [-0.2, -0.15) is 15.3 Å². The molecule has 0 atom stereocenters. The molecule has 136 valence electrons. The molecule has 0 bridgehead atoms. The first-order chi connectivity index (χ1) is 13.1. The van der Waals surface area contributed by atoms with Crippen LogP contribution < -0.4 is 9.85 Å². The summed E-state index contributed by atoms with van der Waals surface area (Å²) in [6, 6.07) is 17.5. The predicted octanol–water partition coefficient (Wildman–Crippen LogP) is 4.74. The van der Waals surface area contributed by atoms with Gasteiger partial charge in [0.1, 0.15) is 11.6 Å². The normalized spacial score (nSPS) is 11.1. The van der Waals surface area contributed by atoms with E-state index >= 15 is 0 Å². The second-order valence-corrected chi connectivity index (χ2v) is 5.73. The summed E-state index contributed by atoms with van der Waals surface area (Å²) in [5.41, 5.74) is 3.21. The summed E-state index contributed by atoms with van der Waals surface area (Å²) in [5.74, 6) is 0.244. The number of aromatic nitrogens is 1. The van der Waals surface area contributed by atoms with Gasteiger partial charge in [-0.1, -0.05) is 24.3 Å². The van der Waals surface area contributed by atoms with E-state index < -0.39 is 5.82 Å². The van der Waals surface area contributed by atoms with Gasteiger partial charge in [-0.05, 0) is 42.8 Å². The lowest BCUT2D eigenvalue weighted by Gasteiger charge is -2.16. The lowest BCUT2D eigenvalue weighted by molar-refractivity contribution is 0.416. The largest absolute Gasteiger partial charge is 0.496 e. The van der Waals surface area contributed by atoms with Gasteiger partial charge in [0.05, 0.1) is 24.2 Å². The van der Waals surface area contributed by atoms with Gasteiger partial charge >= 0.3 is 0 Å². The maximum Gasteiger partial charge on any atom is 0.126 e. The molecule has 3 aromatic rings. The summed E-state index contributed by atoms with van der Waals surface area (Å²) in [6.07, 6.45) is 1.68. The maximum absolute atomic E-state index is 14.3. The number of hydrazone groups is 2. The minimum Gasteiger partial charge on any atom is -0.496 e. The van der Waals surface area contributed by atoms with Gasteiger partial charge in [-0.15, -0.1) is 0 Å². The van der Waals surface area contributed by atoms with Crippen molar-refractivity contribution < 1.29 is 9.13 Å². The zero-order valence-electron chi connectivity index (χ0n) is 15.1. The molecule has 0 unspecified atom stereocenters. The molecular formula is C21H19FN4O. The molecule has 0 saturated carbocycles. The average Bonchev–Trinajstić information content (AvgIpc) is 2.71. The number of ether oxygens (including phenoxy) is 1. The summed E-state index contributed by atoms with van der Waals surface area (Å²) >= 11 is 0. The molecule has 0 amide bonds. The van der Waals surface area contributed by atoms with Crippen LogP contribution in [0.15, 0.2) is 77.1 Å². The molecule has 1 aromatic heterocycles.